The van der Waals surface area contributed by atoms with Crippen molar-refractivity contribution in [2.45, 2.75) is 20.0 Å². The number of anilines is 1. The maximum Gasteiger partial charge on any atom is 0.204 e. The van der Waals surface area contributed by atoms with Crippen molar-refractivity contribution in [3.8, 4) is 0 Å². The van der Waals surface area contributed by atoms with Crippen molar-refractivity contribution < 1.29 is 0 Å². The first kappa shape index (κ1) is 13.4. The molecule has 0 spiro atoms. The molecule has 3 nitrogen and oxygen atoms in total. The summed E-state index contributed by atoms with van der Waals surface area (Å²) in [6.45, 7) is 7.44. The van der Waals surface area contributed by atoms with Gasteiger partial charge in [0.1, 0.15) is 0 Å². The molecule has 0 aliphatic rings. The van der Waals surface area contributed by atoms with Gasteiger partial charge in [0.15, 0.2) is 0 Å². The molecule has 0 radical (unpaired) electrons. The lowest BCUT2D eigenvalue weighted by Gasteiger charge is -2.09. The molecule has 3 aromatic rings. The molecule has 0 amide bonds. The molecule has 1 heterocycles. The number of hydrogen-bond donors (Lipinski definition) is 1. The first-order valence-electron chi connectivity index (χ1n) is 7.13. The first-order valence-corrected chi connectivity index (χ1v) is 7.13. The molecular formula is C18H19N3. The van der Waals surface area contributed by atoms with Crippen LogP contribution in [0.25, 0.3) is 11.0 Å². The van der Waals surface area contributed by atoms with Crippen molar-refractivity contribution in [2.75, 3.05) is 5.32 Å². The summed E-state index contributed by atoms with van der Waals surface area (Å²) in [5.41, 5.74) is 4.66. The van der Waals surface area contributed by atoms with Crippen molar-refractivity contribution >= 4 is 17.0 Å². The van der Waals surface area contributed by atoms with Crippen LogP contribution in [-0.2, 0) is 13.1 Å². The summed E-state index contributed by atoms with van der Waals surface area (Å²) < 4.78 is 2.15. The number of allylic oxidation sites excluding steroid dienone is 1. The quantitative estimate of drug-likeness (QED) is 0.710. The van der Waals surface area contributed by atoms with Gasteiger partial charge in [0, 0.05) is 13.1 Å². The van der Waals surface area contributed by atoms with Crippen LogP contribution >= 0.6 is 0 Å². The lowest BCUT2D eigenvalue weighted by Crippen LogP contribution is -2.07. The zero-order valence-corrected chi connectivity index (χ0v) is 12.2. The number of aromatic nitrogens is 2. The van der Waals surface area contributed by atoms with Crippen LogP contribution in [-0.4, -0.2) is 9.55 Å². The van der Waals surface area contributed by atoms with Crippen LogP contribution in [0, 0.1) is 6.92 Å². The van der Waals surface area contributed by atoms with Crippen LogP contribution in [0.5, 0.6) is 0 Å². The fraction of sp³-hybridized carbons (Fsp3) is 0.167. The third-order valence-corrected chi connectivity index (χ3v) is 3.54. The zero-order valence-electron chi connectivity index (χ0n) is 12.2. The van der Waals surface area contributed by atoms with Crippen LogP contribution in [0.3, 0.4) is 0 Å². The molecule has 0 fully saturated rings. The molecule has 0 saturated carbocycles. The summed E-state index contributed by atoms with van der Waals surface area (Å²) in [4.78, 5) is 4.67. The molecule has 0 atom stereocenters. The maximum absolute atomic E-state index is 4.67. The van der Waals surface area contributed by atoms with E-state index in [1.807, 2.05) is 24.3 Å². The summed E-state index contributed by atoms with van der Waals surface area (Å²) in [6.07, 6.45) is 1.89. The lowest BCUT2D eigenvalue weighted by molar-refractivity contribution is 0.846. The number of hydrogen-bond acceptors (Lipinski definition) is 2. The number of imidazole rings is 1. The molecule has 0 saturated heterocycles. The highest BCUT2D eigenvalue weighted by molar-refractivity contribution is 5.78. The van der Waals surface area contributed by atoms with Crippen LogP contribution in [0.1, 0.15) is 11.1 Å². The largest absolute Gasteiger partial charge is 0.352 e. The van der Waals surface area contributed by atoms with Gasteiger partial charge in [-0.1, -0.05) is 48.0 Å². The van der Waals surface area contributed by atoms with E-state index in [-0.39, 0.29) is 0 Å². The number of benzene rings is 2. The number of nitrogens with one attached hydrogen (secondary N) is 1. The molecule has 0 aliphatic heterocycles. The van der Waals surface area contributed by atoms with E-state index in [9.17, 15) is 0 Å². The highest BCUT2D eigenvalue weighted by Gasteiger charge is 2.08. The number of aryl methyl sites for hydroxylation is 1. The Labute approximate surface area is 124 Å². The SMILES string of the molecule is C=CCn1c(NCc2ccc(C)cc2)nc2ccccc21. The molecule has 0 aliphatic carbocycles. The Morgan fingerprint density at radius 2 is 1.90 bits per heavy atom. The summed E-state index contributed by atoms with van der Waals surface area (Å²) in [7, 11) is 0. The van der Waals surface area contributed by atoms with Crippen molar-refractivity contribution in [3.05, 3.63) is 72.3 Å². The monoisotopic (exact) mass is 277 g/mol. The lowest BCUT2D eigenvalue weighted by atomic mass is 10.1. The standard InChI is InChI=1S/C18H19N3/c1-3-12-21-17-7-5-4-6-16(17)20-18(21)19-13-15-10-8-14(2)9-11-15/h3-11H,1,12-13H2,2H3,(H,19,20). The van der Waals surface area contributed by atoms with Crippen LogP contribution in [0.15, 0.2) is 61.2 Å². The Kier molecular flexibility index (Phi) is 3.73. The minimum Gasteiger partial charge on any atom is -0.352 e. The molecule has 1 N–H and O–H groups in total. The number of nitrogens with zero attached hydrogens (tertiary/aromatic N) is 2. The third-order valence-electron chi connectivity index (χ3n) is 3.54. The second-order valence-electron chi connectivity index (χ2n) is 5.16. The van der Waals surface area contributed by atoms with E-state index >= 15 is 0 Å². The smallest absolute Gasteiger partial charge is 0.204 e. The van der Waals surface area contributed by atoms with Gasteiger partial charge in [-0.15, -0.1) is 6.58 Å². The van der Waals surface area contributed by atoms with Gasteiger partial charge in [0.2, 0.25) is 5.95 Å². The van der Waals surface area contributed by atoms with E-state index in [1.165, 1.54) is 11.1 Å². The minimum absolute atomic E-state index is 0.747. The molecule has 0 unspecified atom stereocenters. The zero-order chi connectivity index (χ0) is 14.7. The van der Waals surface area contributed by atoms with Gasteiger partial charge in [-0.25, -0.2) is 4.98 Å². The van der Waals surface area contributed by atoms with Crippen LogP contribution in [0.4, 0.5) is 5.95 Å². The third kappa shape index (κ3) is 2.82. The Morgan fingerprint density at radius 1 is 1.14 bits per heavy atom. The summed E-state index contributed by atoms with van der Waals surface area (Å²) in [6, 6.07) is 16.7. The van der Waals surface area contributed by atoms with E-state index < -0.39 is 0 Å². The predicted molar refractivity (Wildman–Crippen MR) is 88.4 cm³/mol. The van der Waals surface area contributed by atoms with Gasteiger partial charge in [0.25, 0.3) is 0 Å². The van der Waals surface area contributed by atoms with Crippen LogP contribution < -0.4 is 5.32 Å². The second-order valence-corrected chi connectivity index (χ2v) is 5.16. The number of rotatable bonds is 5. The first-order chi connectivity index (χ1) is 10.3. The Hall–Kier alpha value is -2.55. The molecule has 3 heteroatoms. The van der Waals surface area contributed by atoms with Crippen molar-refractivity contribution in [1.82, 2.24) is 9.55 Å². The maximum atomic E-state index is 4.67. The van der Waals surface area contributed by atoms with E-state index in [0.717, 1.165) is 30.1 Å². The molecular weight excluding hydrogens is 258 g/mol. The van der Waals surface area contributed by atoms with Gasteiger partial charge < -0.3 is 9.88 Å². The second kappa shape index (κ2) is 5.83. The Morgan fingerprint density at radius 3 is 2.67 bits per heavy atom. The Balaban J connectivity index is 1.87. The fourth-order valence-corrected chi connectivity index (χ4v) is 2.41. The molecule has 106 valence electrons. The molecule has 0 bridgehead atoms. The summed E-state index contributed by atoms with van der Waals surface area (Å²) in [5.74, 6) is 0.886. The molecule has 2 aromatic carbocycles. The normalized spacial score (nSPS) is 10.7. The van der Waals surface area contributed by atoms with Crippen molar-refractivity contribution in [2.24, 2.45) is 0 Å². The van der Waals surface area contributed by atoms with Crippen LogP contribution in [0.2, 0.25) is 0 Å². The average molecular weight is 277 g/mol. The van der Waals surface area contributed by atoms with Gasteiger partial charge >= 0.3 is 0 Å². The highest BCUT2D eigenvalue weighted by Crippen LogP contribution is 2.20. The minimum atomic E-state index is 0.747. The van der Waals surface area contributed by atoms with Gasteiger partial charge in [-0.2, -0.15) is 0 Å². The van der Waals surface area contributed by atoms with E-state index in [1.54, 1.807) is 0 Å². The predicted octanol–water partition coefficient (Wildman–Crippen LogP) is 4.14. The fourth-order valence-electron chi connectivity index (χ4n) is 2.41. The number of fused-ring (bicyclic) bond motifs is 1. The van der Waals surface area contributed by atoms with Gasteiger partial charge in [-0.05, 0) is 24.6 Å². The summed E-state index contributed by atoms with van der Waals surface area (Å²) in [5, 5.41) is 3.43. The van der Waals surface area contributed by atoms with Crippen molar-refractivity contribution in [1.29, 1.82) is 0 Å². The molecule has 21 heavy (non-hydrogen) atoms. The van der Waals surface area contributed by atoms with Gasteiger partial charge in [0.05, 0.1) is 11.0 Å². The highest BCUT2D eigenvalue weighted by atomic mass is 15.2. The summed E-state index contributed by atoms with van der Waals surface area (Å²) >= 11 is 0. The van der Waals surface area contributed by atoms with E-state index in [4.69, 9.17) is 0 Å². The average Bonchev–Trinajstić information content (AvgIpc) is 2.85. The van der Waals surface area contributed by atoms with Gasteiger partial charge in [-0.3, -0.25) is 0 Å². The molecule has 1 aromatic heterocycles. The van der Waals surface area contributed by atoms with E-state index in [0.29, 0.717) is 0 Å². The number of para-hydroxylation sites is 2. The topological polar surface area (TPSA) is 29.9 Å². The Bertz CT molecular complexity index is 754. The van der Waals surface area contributed by atoms with E-state index in [2.05, 4.69) is 58.7 Å². The molecule has 3 rings (SSSR count). The van der Waals surface area contributed by atoms with Crippen molar-refractivity contribution in [3.63, 3.8) is 0 Å².